The lowest BCUT2D eigenvalue weighted by atomic mass is 10.1. The van der Waals surface area contributed by atoms with E-state index in [1.54, 1.807) is 0 Å². The first kappa shape index (κ1) is 23.2. The second-order valence-corrected chi connectivity index (χ2v) is 8.49. The topological polar surface area (TPSA) is 153 Å². The summed E-state index contributed by atoms with van der Waals surface area (Å²) < 4.78 is 1.32. The van der Waals surface area contributed by atoms with Crippen molar-refractivity contribution in [2.75, 3.05) is 0 Å². The molecule has 2 heterocycles. The largest absolute Gasteiger partial charge is 0.478 e. The van der Waals surface area contributed by atoms with Crippen LogP contribution in [-0.2, 0) is 0 Å². The first-order valence-electron chi connectivity index (χ1n) is 10.0. The summed E-state index contributed by atoms with van der Waals surface area (Å²) >= 11 is 12.8. The van der Waals surface area contributed by atoms with Crippen LogP contribution in [0, 0.1) is 0 Å². The molecule has 0 bridgehead atoms. The highest BCUT2D eigenvalue weighted by Gasteiger charge is 2.29. The number of rotatable bonds is 4. The van der Waals surface area contributed by atoms with Crippen molar-refractivity contribution in [3.8, 4) is 11.4 Å². The van der Waals surface area contributed by atoms with Gasteiger partial charge in [0.25, 0.3) is 22.2 Å². The van der Waals surface area contributed by atoms with Gasteiger partial charge in [0.1, 0.15) is 0 Å². The van der Waals surface area contributed by atoms with E-state index in [1.807, 2.05) is 0 Å². The summed E-state index contributed by atoms with van der Waals surface area (Å²) in [6.45, 7) is 0. The number of aromatic carboxylic acids is 2. The normalized spacial score (nSPS) is 11.4. The van der Waals surface area contributed by atoms with Crippen LogP contribution in [-0.4, -0.2) is 31.3 Å². The molecule has 2 aromatic heterocycles. The molecule has 10 nitrogen and oxygen atoms in total. The van der Waals surface area contributed by atoms with Crippen molar-refractivity contribution in [1.82, 2.24) is 9.13 Å². The predicted molar refractivity (Wildman–Crippen MR) is 131 cm³/mol. The molecule has 0 aliphatic carbocycles. The van der Waals surface area contributed by atoms with Crippen molar-refractivity contribution in [2.24, 2.45) is 0 Å². The van der Waals surface area contributed by atoms with Crippen molar-refractivity contribution in [1.29, 1.82) is 0 Å². The third-order valence-corrected chi connectivity index (χ3v) is 6.50. The summed E-state index contributed by atoms with van der Waals surface area (Å²) in [5.41, 5.74) is -4.35. The third kappa shape index (κ3) is 3.12. The molecule has 0 radical (unpaired) electrons. The van der Waals surface area contributed by atoms with Crippen molar-refractivity contribution in [3.63, 3.8) is 0 Å². The zero-order chi connectivity index (χ0) is 26.0. The van der Waals surface area contributed by atoms with Gasteiger partial charge in [-0.1, -0.05) is 35.3 Å². The summed E-state index contributed by atoms with van der Waals surface area (Å²) in [4.78, 5) is 75.7. The number of hydrogen-bond acceptors (Lipinski definition) is 6. The van der Waals surface area contributed by atoms with Crippen LogP contribution in [0.2, 0.25) is 10.0 Å². The van der Waals surface area contributed by atoms with E-state index in [1.165, 1.54) is 36.4 Å². The fourth-order valence-corrected chi connectivity index (χ4v) is 4.85. The Balaban J connectivity index is 1.90. The van der Waals surface area contributed by atoms with Gasteiger partial charge in [-0.3, -0.25) is 19.2 Å². The number of carbonyl (C=O) groups is 2. The molecule has 0 atom stereocenters. The van der Waals surface area contributed by atoms with Crippen LogP contribution in [0.5, 0.6) is 0 Å². The molecule has 0 saturated carbocycles. The Morgan fingerprint density at radius 3 is 1.17 bits per heavy atom. The van der Waals surface area contributed by atoms with Gasteiger partial charge in [-0.25, -0.2) is 18.7 Å². The Hall–Kier alpha value is -4.54. The smallest absolute Gasteiger partial charge is 0.335 e. The molecule has 0 saturated heterocycles. The summed E-state index contributed by atoms with van der Waals surface area (Å²) in [6, 6.07) is 10.1. The maximum absolute atomic E-state index is 13.3. The van der Waals surface area contributed by atoms with Crippen LogP contribution in [0.3, 0.4) is 0 Å². The third-order valence-electron chi connectivity index (χ3n) is 5.75. The summed E-state index contributed by atoms with van der Waals surface area (Å²) in [6.07, 6.45) is 0. The van der Waals surface area contributed by atoms with Gasteiger partial charge in [-0.15, -0.1) is 0 Å². The van der Waals surface area contributed by atoms with Gasteiger partial charge >= 0.3 is 11.9 Å². The van der Waals surface area contributed by atoms with Crippen LogP contribution in [0.4, 0.5) is 0 Å². The number of halogens is 2. The molecule has 12 heteroatoms. The molecule has 0 amide bonds. The van der Waals surface area contributed by atoms with E-state index >= 15 is 0 Å². The van der Waals surface area contributed by atoms with Gasteiger partial charge in [-0.2, -0.15) is 0 Å². The molecule has 0 aliphatic heterocycles. The molecule has 5 rings (SSSR count). The first-order valence-corrected chi connectivity index (χ1v) is 10.8. The van der Waals surface area contributed by atoms with Gasteiger partial charge in [0.05, 0.1) is 54.1 Å². The first-order chi connectivity index (χ1) is 17.0. The van der Waals surface area contributed by atoms with Gasteiger partial charge in [-0.05, 0) is 36.4 Å². The van der Waals surface area contributed by atoms with Crippen molar-refractivity contribution in [3.05, 3.63) is 111 Å². The highest BCUT2D eigenvalue weighted by Crippen LogP contribution is 2.34. The minimum Gasteiger partial charge on any atom is -0.478 e. The van der Waals surface area contributed by atoms with Crippen molar-refractivity contribution in [2.45, 2.75) is 0 Å². The lowest BCUT2D eigenvalue weighted by Crippen LogP contribution is -2.24. The van der Waals surface area contributed by atoms with E-state index < -0.39 is 65.8 Å². The molecular formula is C24H10Cl2N2O8. The lowest BCUT2D eigenvalue weighted by molar-refractivity contribution is 0.0686. The second kappa shape index (κ2) is 8.01. The average Bonchev–Trinajstić information content (AvgIpc) is 3.27. The number of carboxylic acid groups (broad SMARTS) is 2. The van der Waals surface area contributed by atoms with E-state index in [-0.39, 0.29) is 22.5 Å². The van der Waals surface area contributed by atoms with Crippen LogP contribution in [0.15, 0.2) is 67.7 Å². The van der Waals surface area contributed by atoms with E-state index in [9.17, 15) is 39.0 Å². The summed E-state index contributed by atoms with van der Waals surface area (Å²) in [7, 11) is 0. The van der Waals surface area contributed by atoms with E-state index in [2.05, 4.69) is 0 Å². The summed E-state index contributed by atoms with van der Waals surface area (Å²) in [5, 5.41) is 15.9. The summed E-state index contributed by atoms with van der Waals surface area (Å²) in [5.74, 6) is -2.57. The average molecular weight is 525 g/mol. The van der Waals surface area contributed by atoms with Gasteiger partial charge in [0.2, 0.25) is 0 Å². The quantitative estimate of drug-likeness (QED) is 0.363. The zero-order valence-electron chi connectivity index (χ0n) is 17.6. The Labute approximate surface area is 208 Å². The fourth-order valence-electron chi connectivity index (χ4n) is 4.15. The Bertz CT molecular complexity index is 1790. The molecule has 3 aromatic carbocycles. The SMILES string of the molecule is O=C(O)c1cccc(-n2c(=O)c3c(Cl)c4c(=O)n(-c5cccc(C(=O)O)c5)c(=O)c4c(Cl)c3c2=O)c1. The van der Waals surface area contributed by atoms with E-state index in [0.29, 0.717) is 9.13 Å². The number of benzene rings is 3. The Kier molecular flexibility index (Phi) is 5.16. The zero-order valence-corrected chi connectivity index (χ0v) is 19.1. The van der Waals surface area contributed by atoms with Crippen LogP contribution in [0.25, 0.3) is 32.9 Å². The molecule has 0 unspecified atom stereocenters. The maximum Gasteiger partial charge on any atom is 0.335 e. The molecule has 178 valence electrons. The van der Waals surface area contributed by atoms with Crippen LogP contribution >= 0.6 is 23.2 Å². The van der Waals surface area contributed by atoms with Crippen LogP contribution in [0.1, 0.15) is 20.7 Å². The monoisotopic (exact) mass is 524 g/mol. The highest BCUT2D eigenvalue weighted by molar-refractivity contribution is 6.47. The van der Waals surface area contributed by atoms with Gasteiger partial charge in [0, 0.05) is 0 Å². The number of aromatic nitrogens is 2. The minimum atomic E-state index is -1.29. The molecule has 5 aromatic rings. The Morgan fingerprint density at radius 2 is 0.889 bits per heavy atom. The number of hydrogen-bond donors (Lipinski definition) is 2. The fraction of sp³-hybridized carbons (Fsp3) is 0. The van der Waals surface area contributed by atoms with Crippen LogP contribution < -0.4 is 22.2 Å². The number of fused-ring (bicyclic) bond motifs is 2. The maximum atomic E-state index is 13.3. The molecule has 36 heavy (non-hydrogen) atoms. The van der Waals surface area contributed by atoms with E-state index in [4.69, 9.17) is 23.2 Å². The molecule has 0 fully saturated rings. The minimum absolute atomic E-state index is 0.0712. The lowest BCUT2D eigenvalue weighted by Gasteiger charge is -2.02. The molecule has 0 aliphatic rings. The Morgan fingerprint density at radius 1 is 0.583 bits per heavy atom. The number of nitrogens with zero attached hydrogens (tertiary/aromatic N) is 2. The van der Waals surface area contributed by atoms with E-state index in [0.717, 1.165) is 12.1 Å². The highest BCUT2D eigenvalue weighted by atomic mass is 35.5. The predicted octanol–water partition coefficient (Wildman–Crippen LogP) is 2.59. The van der Waals surface area contributed by atoms with Gasteiger partial charge < -0.3 is 10.2 Å². The molecule has 2 N–H and O–H groups in total. The standard InChI is InChI=1S/C24H10Cl2N2O8/c25-17-13-14(20(30)27(19(13)29)11-5-1-3-9(7-11)23(33)34)18(26)16-15(17)21(31)28(22(16)32)12-6-2-4-10(8-12)24(35)36/h1-8H,(H,33,34)(H,35,36). The second-order valence-electron chi connectivity index (χ2n) is 7.73. The molecule has 0 spiro atoms. The van der Waals surface area contributed by atoms with Crippen molar-refractivity contribution >= 4 is 56.7 Å². The van der Waals surface area contributed by atoms with Crippen molar-refractivity contribution < 1.29 is 19.8 Å². The van der Waals surface area contributed by atoms with Gasteiger partial charge in [0.15, 0.2) is 0 Å². The molecular weight excluding hydrogens is 515 g/mol. The number of carboxylic acids is 2.